The number of hydrogen-bond acceptors (Lipinski definition) is 4. The highest BCUT2D eigenvalue weighted by atomic mass is 32.2. The van der Waals surface area contributed by atoms with Gasteiger partial charge in [-0.15, -0.1) is 0 Å². The summed E-state index contributed by atoms with van der Waals surface area (Å²) >= 11 is 1.58. The van der Waals surface area contributed by atoms with E-state index in [1.54, 1.807) is 18.7 Å². The van der Waals surface area contributed by atoms with Crippen LogP contribution in [-0.2, 0) is 15.3 Å². The molecule has 0 aliphatic rings. The van der Waals surface area contributed by atoms with Gasteiger partial charge < -0.3 is 15.4 Å². The Labute approximate surface area is 164 Å². The second kappa shape index (κ2) is 10.6. The van der Waals surface area contributed by atoms with Gasteiger partial charge in [-0.1, -0.05) is 36.4 Å². The van der Waals surface area contributed by atoms with Gasteiger partial charge in [0.25, 0.3) is 0 Å². The Hall–Kier alpha value is -2.47. The molecule has 5 nitrogen and oxygen atoms in total. The number of hydrogen-bond donors (Lipinski definition) is 2. The Morgan fingerprint density at radius 1 is 1.07 bits per heavy atom. The molecule has 2 aromatic rings. The van der Waals surface area contributed by atoms with Gasteiger partial charge >= 0.3 is 12.0 Å². The average molecular weight is 387 g/mol. The minimum atomic E-state index is -0.704. The summed E-state index contributed by atoms with van der Waals surface area (Å²) in [7, 11) is 0. The quantitative estimate of drug-likeness (QED) is 0.664. The summed E-state index contributed by atoms with van der Waals surface area (Å²) in [5.41, 5.74) is 3.99. The Morgan fingerprint density at radius 3 is 2.37 bits per heavy atom. The molecular weight excluding hydrogens is 360 g/mol. The third kappa shape index (κ3) is 7.35. The van der Waals surface area contributed by atoms with E-state index in [2.05, 4.69) is 10.6 Å². The van der Waals surface area contributed by atoms with E-state index in [0.717, 1.165) is 16.9 Å². The maximum atomic E-state index is 12.3. The minimum absolute atomic E-state index is 0.277. The van der Waals surface area contributed by atoms with Gasteiger partial charge in [-0.3, -0.25) is 0 Å². The van der Waals surface area contributed by atoms with E-state index in [0.29, 0.717) is 11.4 Å². The number of anilines is 1. The molecule has 0 aliphatic heterocycles. The SMILES string of the molecule is CCOC(=O)C(CSCc1ccccc1)NC(=O)Nc1cc(C)cc(C)c1. The molecule has 2 aromatic carbocycles. The first-order chi connectivity index (χ1) is 13.0. The molecule has 0 radical (unpaired) electrons. The largest absolute Gasteiger partial charge is 0.464 e. The number of amides is 2. The van der Waals surface area contributed by atoms with Crippen LogP contribution in [-0.4, -0.2) is 30.4 Å². The van der Waals surface area contributed by atoms with Crippen molar-refractivity contribution in [2.24, 2.45) is 0 Å². The molecule has 0 saturated carbocycles. The minimum Gasteiger partial charge on any atom is -0.464 e. The lowest BCUT2D eigenvalue weighted by Crippen LogP contribution is -2.45. The maximum absolute atomic E-state index is 12.3. The molecule has 144 valence electrons. The van der Waals surface area contributed by atoms with Crippen molar-refractivity contribution in [3.63, 3.8) is 0 Å². The second-order valence-corrected chi connectivity index (χ2v) is 7.31. The van der Waals surface area contributed by atoms with Crippen LogP contribution in [0.2, 0.25) is 0 Å². The van der Waals surface area contributed by atoms with Gasteiger partial charge in [0.15, 0.2) is 0 Å². The number of esters is 1. The number of ether oxygens (including phenoxy) is 1. The van der Waals surface area contributed by atoms with Crippen molar-refractivity contribution < 1.29 is 14.3 Å². The first-order valence-corrected chi connectivity index (χ1v) is 10.1. The second-order valence-electron chi connectivity index (χ2n) is 6.28. The van der Waals surface area contributed by atoms with Crippen LogP contribution >= 0.6 is 11.8 Å². The highest BCUT2D eigenvalue weighted by Gasteiger charge is 2.22. The molecule has 0 saturated heterocycles. The fourth-order valence-electron chi connectivity index (χ4n) is 2.65. The van der Waals surface area contributed by atoms with Crippen LogP contribution in [0, 0.1) is 13.8 Å². The molecule has 0 aromatic heterocycles. The summed E-state index contributed by atoms with van der Waals surface area (Å²) in [5, 5.41) is 5.52. The zero-order valence-corrected chi connectivity index (χ0v) is 16.8. The third-order valence-electron chi connectivity index (χ3n) is 3.75. The van der Waals surface area contributed by atoms with Crippen molar-refractivity contribution in [2.75, 3.05) is 17.7 Å². The summed E-state index contributed by atoms with van der Waals surface area (Å²) < 4.78 is 5.10. The number of benzene rings is 2. The van der Waals surface area contributed by atoms with E-state index in [9.17, 15) is 9.59 Å². The van der Waals surface area contributed by atoms with Crippen molar-refractivity contribution in [2.45, 2.75) is 32.6 Å². The topological polar surface area (TPSA) is 67.4 Å². The summed E-state index contributed by atoms with van der Waals surface area (Å²) in [6.07, 6.45) is 0. The van der Waals surface area contributed by atoms with Crippen LogP contribution in [0.4, 0.5) is 10.5 Å². The van der Waals surface area contributed by atoms with Crippen LogP contribution in [0.3, 0.4) is 0 Å². The maximum Gasteiger partial charge on any atom is 0.329 e. The summed E-state index contributed by atoms with van der Waals surface area (Å²) in [4.78, 5) is 24.6. The highest BCUT2D eigenvalue weighted by Crippen LogP contribution is 2.15. The lowest BCUT2D eigenvalue weighted by Gasteiger charge is -2.18. The number of thioether (sulfide) groups is 1. The van der Waals surface area contributed by atoms with Crippen molar-refractivity contribution in [3.8, 4) is 0 Å². The lowest BCUT2D eigenvalue weighted by atomic mass is 10.1. The number of carbonyl (C=O) groups excluding carboxylic acids is 2. The van der Waals surface area contributed by atoms with Crippen LogP contribution in [0.1, 0.15) is 23.6 Å². The van der Waals surface area contributed by atoms with E-state index in [1.165, 1.54) is 5.56 Å². The van der Waals surface area contributed by atoms with E-state index < -0.39 is 18.0 Å². The Kier molecular flexibility index (Phi) is 8.20. The summed E-state index contributed by atoms with van der Waals surface area (Å²) in [5.74, 6) is 0.777. The van der Waals surface area contributed by atoms with Gasteiger partial charge in [-0.05, 0) is 49.6 Å². The van der Waals surface area contributed by atoms with Crippen LogP contribution in [0.5, 0.6) is 0 Å². The molecule has 1 atom stereocenters. The zero-order chi connectivity index (χ0) is 19.6. The molecule has 2 N–H and O–H groups in total. The molecule has 2 rings (SSSR count). The lowest BCUT2D eigenvalue weighted by molar-refractivity contribution is -0.144. The van der Waals surface area contributed by atoms with E-state index in [1.807, 2.05) is 62.4 Å². The monoisotopic (exact) mass is 386 g/mol. The van der Waals surface area contributed by atoms with Gasteiger partial charge in [0, 0.05) is 17.2 Å². The van der Waals surface area contributed by atoms with Gasteiger partial charge in [-0.25, -0.2) is 9.59 Å². The molecule has 27 heavy (non-hydrogen) atoms. The Bertz CT molecular complexity index is 745. The Balaban J connectivity index is 1.94. The van der Waals surface area contributed by atoms with Crippen molar-refractivity contribution in [1.82, 2.24) is 5.32 Å². The van der Waals surface area contributed by atoms with Gasteiger partial charge in [0.2, 0.25) is 0 Å². The predicted octanol–water partition coefficient (Wildman–Crippen LogP) is 4.29. The van der Waals surface area contributed by atoms with E-state index in [-0.39, 0.29) is 6.61 Å². The standard InChI is InChI=1S/C21H26N2O3S/c1-4-26-20(24)19(14-27-13-17-8-6-5-7-9-17)23-21(25)22-18-11-15(2)10-16(3)12-18/h5-12,19H,4,13-14H2,1-3H3,(H2,22,23,25). The molecular formula is C21H26N2O3S. The molecule has 0 heterocycles. The first kappa shape index (κ1) is 20.8. The van der Waals surface area contributed by atoms with Crippen LogP contribution in [0.15, 0.2) is 48.5 Å². The van der Waals surface area contributed by atoms with Gasteiger partial charge in [-0.2, -0.15) is 11.8 Å². The highest BCUT2D eigenvalue weighted by molar-refractivity contribution is 7.98. The van der Waals surface area contributed by atoms with Crippen LogP contribution < -0.4 is 10.6 Å². The number of nitrogens with one attached hydrogen (secondary N) is 2. The molecule has 1 unspecified atom stereocenters. The number of rotatable bonds is 8. The molecule has 0 aliphatic carbocycles. The fourth-order valence-corrected chi connectivity index (χ4v) is 3.65. The first-order valence-electron chi connectivity index (χ1n) is 8.92. The van der Waals surface area contributed by atoms with Crippen molar-refractivity contribution in [3.05, 3.63) is 65.2 Å². The molecule has 0 spiro atoms. The molecule has 6 heteroatoms. The average Bonchev–Trinajstić information content (AvgIpc) is 2.61. The molecule has 0 bridgehead atoms. The zero-order valence-electron chi connectivity index (χ0n) is 16.0. The number of aryl methyl sites for hydroxylation is 2. The number of urea groups is 1. The van der Waals surface area contributed by atoms with Crippen molar-refractivity contribution >= 4 is 29.4 Å². The normalized spacial score (nSPS) is 11.5. The predicted molar refractivity (Wildman–Crippen MR) is 111 cm³/mol. The summed E-state index contributed by atoms with van der Waals surface area (Å²) in [6.45, 7) is 5.97. The molecule has 2 amide bonds. The Morgan fingerprint density at radius 2 is 1.74 bits per heavy atom. The summed E-state index contributed by atoms with van der Waals surface area (Å²) in [6, 6.07) is 14.7. The fraction of sp³-hybridized carbons (Fsp3) is 0.333. The third-order valence-corrected chi connectivity index (χ3v) is 4.86. The van der Waals surface area contributed by atoms with Crippen LogP contribution in [0.25, 0.3) is 0 Å². The van der Waals surface area contributed by atoms with E-state index >= 15 is 0 Å². The van der Waals surface area contributed by atoms with Gasteiger partial charge in [0.1, 0.15) is 6.04 Å². The van der Waals surface area contributed by atoms with Crippen molar-refractivity contribution in [1.29, 1.82) is 0 Å². The molecule has 0 fully saturated rings. The van der Waals surface area contributed by atoms with E-state index in [4.69, 9.17) is 4.74 Å². The van der Waals surface area contributed by atoms with Gasteiger partial charge in [0.05, 0.1) is 6.61 Å². The number of carbonyl (C=O) groups is 2. The smallest absolute Gasteiger partial charge is 0.329 e.